The van der Waals surface area contributed by atoms with Gasteiger partial charge in [-0.2, -0.15) is 0 Å². The molecule has 3 nitrogen and oxygen atoms in total. The molecule has 0 spiro atoms. The van der Waals surface area contributed by atoms with Crippen molar-refractivity contribution in [1.82, 2.24) is 4.90 Å². The Kier molecular flexibility index (Phi) is 6.09. The van der Waals surface area contributed by atoms with Crippen LogP contribution in [0.2, 0.25) is 0 Å². The summed E-state index contributed by atoms with van der Waals surface area (Å²) in [5.41, 5.74) is 2.26. The molecule has 0 saturated heterocycles. The van der Waals surface area contributed by atoms with Gasteiger partial charge in [-0.05, 0) is 30.5 Å². The summed E-state index contributed by atoms with van der Waals surface area (Å²) in [6.07, 6.45) is 9.88. The lowest BCUT2D eigenvalue weighted by Gasteiger charge is -2.22. The second-order valence-electron chi connectivity index (χ2n) is 6.35. The first-order chi connectivity index (χ1) is 10.1. The quantitative estimate of drug-likeness (QED) is 0.913. The number of anilines is 1. The second kappa shape index (κ2) is 8.06. The van der Waals surface area contributed by atoms with Gasteiger partial charge in [0.05, 0.1) is 6.42 Å². The minimum Gasteiger partial charge on any atom is -0.382 e. The Bertz CT molecular complexity index is 431. The van der Waals surface area contributed by atoms with Gasteiger partial charge < -0.3 is 10.2 Å². The van der Waals surface area contributed by atoms with E-state index in [1.165, 1.54) is 50.6 Å². The second-order valence-corrected chi connectivity index (χ2v) is 6.35. The third kappa shape index (κ3) is 5.41. The molecule has 0 bridgehead atoms. The lowest BCUT2D eigenvalue weighted by atomic mass is 9.96. The summed E-state index contributed by atoms with van der Waals surface area (Å²) >= 11 is 0. The van der Waals surface area contributed by atoms with Crippen LogP contribution in [-0.4, -0.2) is 30.9 Å². The molecule has 0 atom stereocenters. The van der Waals surface area contributed by atoms with Crippen LogP contribution in [0.3, 0.4) is 0 Å². The SMILES string of the molecule is CN(C)C(=O)Cc1ccc(NC2CCCCCCC2)cc1. The van der Waals surface area contributed by atoms with Gasteiger partial charge in [0.2, 0.25) is 5.91 Å². The van der Waals surface area contributed by atoms with Crippen molar-refractivity contribution in [3.63, 3.8) is 0 Å². The van der Waals surface area contributed by atoms with E-state index in [2.05, 4.69) is 29.6 Å². The summed E-state index contributed by atoms with van der Waals surface area (Å²) in [5.74, 6) is 0.149. The highest BCUT2D eigenvalue weighted by atomic mass is 16.2. The van der Waals surface area contributed by atoms with Gasteiger partial charge in [0.25, 0.3) is 0 Å². The fraction of sp³-hybridized carbons (Fsp3) is 0.611. The summed E-state index contributed by atoms with van der Waals surface area (Å²) in [4.78, 5) is 13.3. The number of hydrogen-bond acceptors (Lipinski definition) is 2. The van der Waals surface area contributed by atoms with Crippen molar-refractivity contribution in [1.29, 1.82) is 0 Å². The predicted molar refractivity (Wildman–Crippen MR) is 88.6 cm³/mol. The first kappa shape index (κ1) is 15.9. The van der Waals surface area contributed by atoms with Gasteiger partial charge in [-0.25, -0.2) is 0 Å². The van der Waals surface area contributed by atoms with Crippen LogP contribution >= 0.6 is 0 Å². The van der Waals surface area contributed by atoms with Gasteiger partial charge in [0, 0.05) is 25.8 Å². The Labute approximate surface area is 128 Å². The van der Waals surface area contributed by atoms with Crippen molar-refractivity contribution in [2.45, 2.75) is 57.4 Å². The van der Waals surface area contributed by atoms with Gasteiger partial charge in [-0.1, -0.05) is 44.2 Å². The summed E-state index contributed by atoms with van der Waals surface area (Å²) in [5, 5.41) is 3.66. The number of likely N-dealkylation sites (N-methyl/N-ethyl adjacent to an activating group) is 1. The van der Waals surface area contributed by atoms with Crippen LogP contribution in [0.4, 0.5) is 5.69 Å². The largest absolute Gasteiger partial charge is 0.382 e. The molecular weight excluding hydrogens is 260 g/mol. The number of nitrogens with one attached hydrogen (secondary N) is 1. The summed E-state index contributed by atoms with van der Waals surface area (Å²) in [6.45, 7) is 0. The normalized spacial score (nSPS) is 16.9. The molecule has 0 aliphatic heterocycles. The van der Waals surface area contributed by atoms with Gasteiger partial charge in [-0.3, -0.25) is 4.79 Å². The van der Waals surface area contributed by atoms with Crippen molar-refractivity contribution in [2.24, 2.45) is 0 Å². The Balaban J connectivity index is 1.87. The fourth-order valence-electron chi connectivity index (χ4n) is 2.89. The Morgan fingerprint density at radius 2 is 1.62 bits per heavy atom. The zero-order valence-electron chi connectivity index (χ0n) is 13.4. The number of carbonyl (C=O) groups excluding carboxylic acids is 1. The molecule has 0 radical (unpaired) electrons. The molecular formula is C18H28N2O. The van der Waals surface area contributed by atoms with E-state index < -0.39 is 0 Å². The van der Waals surface area contributed by atoms with E-state index in [1.54, 1.807) is 19.0 Å². The Hall–Kier alpha value is -1.51. The fourth-order valence-corrected chi connectivity index (χ4v) is 2.89. The molecule has 1 fully saturated rings. The molecule has 116 valence electrons. The van der Waals surface area contributed by atoms with Crippen LogP contribution in [0.25, 0.3) is 0 Å². The van der Waals surface area contributed by atoms with Crippen molar-refractivity contribution >= 4 is 11.6 Å². The highest BCUT2D eigenvalue weighted by Crippen LogP contribution is 2.21. The van der Waals surface area contributed by atoms with E-state index in [9.17, 15) is 4.79 Å². The van der Waals surface area contributed by atoms with Crippen LogP contribution in [0.5, 0.6) is 0 Å². The molecule has 1 aliphatic rings. The number of hydrogen-bond donors (Lipinski definition) is 1. The molecule has 1 amide bonds. The molecule has 0 heterocycles. The number of amides is 1. The van der Waals surface area contributed by atoms with E-state index in [1.807, 2.05) is 0 Å². The molecule has 2 rings (SSSR count). The molecule has 21 heavy (non-hydrogen) atoms. The van der Waals surface area contributed by atoms with Crippen LogP contribution in [0, 0.1) is 0 Å². The lowest BCUT2D eigenvalue weighted by Crippen LogP contribution is -2.23. The molecule has 1 aromatic rings. The minimum atomic E-state index is 0.149. The highest BCUT2D eigenvalue weighted by molar-refractivity contribution is 5.78. The lowest BCUT2D eigenvalue weighted by molar-refractivity contribution is -0.127. The number of benzene rings is 1. The van der Waals surface area contributed by atoms with Gasteiger partial charge in [0.1, 0.15) is 0 Å². The first-order valence-electron chi connectivity index (χ1n) is 8.21. The summed E-state index contributed by atoms with van der Waals surface area (Å²) in [6, 6.07) is 8.95. The van der Waals surface area contributed by atoms with Crippen LogP contribution in [-0.2, 0) is 11.2 Å². The van der Waals surface area contributed by atoms with Crippen molar-refractivity contribution in [3.8, 4) is 0 Å². The van der Waals surface area contributed by atoms with E-state index in [4.69, 9.17) is 0 Å². The first-order valence-corrected chi connectivity index (χ1v) is 8.21. The van der Waals surface area contributed by atoms with E-state index in [0.717, 1.165) is 5.56 Å². The molecule has 1 N–H and O–H groups in total. The Morgan fingerprint density at radius 3 is 2.19 bits per heavy atom. The Morgan fingerprint density at radius 1 is 1.05 bits per heavy atom. The molecule has 1 saturated carbocycles. The maximum Gasteiger partial charge on any atom is 0.226 e. The number of carbonyl (C=O) groups is 1. The van der Waals surface area contributed by atoms with Crippen molar-refractivity contribution in [3.05, 3.63) is 29.8 Å². The maximum absolute atomic E-state index is 11.7. The van der Waals surface area contributed by atoms with Crippen molar-refractivity contribution in [2.75, 3.05) is 19.4 Å². The zero-order chi connectivity index (χ0) is 15.1. The highest BCUT2D eigenvalue weighted by Gasteiger charge is 2.11. The minimum absolute atomic E-state index is 0.149. The zero-order valence-corrected chi connectivity index (χ0v) is 13.4. The van der Waals surface area contributed by atoms with Crippen LogP contribution in [0.1, 0.15) is 50.5 Å². The predicted octanol–water partition coefficient (Wildman–Crippen LogP) is 3.84. The summed E-state index contributed by atoms with van der Waals surface area (Å²) < 4.78 is 0. The van der Waals surface area contributed by atoms with Gasteiger partial charge >= 0.3 is 0 Å². The molecule has 0 aromatic heterocycles. The van der Waals surface area contributed by atoms with Crippen LogP contribution in [0.15, 0.2) is 24.3 Å². The molecule has 1 aliphatic carbocycles. The third-order valence-corrected chi connectivity index (χ3v) is 4.28. The topological polar surface area (TPSA) is 32.3 Å². The average Bonchev–Trinajstić information content (AvgIpc) is 2.43. The monoisotopic (exact) mass is 288 g/mol. The standard InChI is InChI=1S/C18H28N2O/c1-20(2)18(21)14-15-10-12-17(13-11-15)19-16-8-6-4-3-5-7-9-16/h10-13,16,19H,3-9,14H2,1-2H3. The maximum atomic E-state index is 11.7. The van der Waals surface area contributed by atoms with Crippen LogP contribution < -0.4 is 5.32 Å². The molecule has 1 aromatic carbocycles. The number of nitrogens with zero attached hydrogens (tertiary/aromatic N) is 1. The van der Waals surface area contributed by atoms with Gasteiger partial charge in [0.15, 0.2) is 0 Å². The third-order valence-electron chi connectivity index (χ3n) is 4.28. The molecule has 0 unspecified atom stereocenters. The summed E-state index contributed by atoms with van der Waals surface area (Å²) in [7, 11) is 3.60. The van der Waals surface area contributed by atoms with Gasteiger partial charge in [-0.15, -0.1) is 0 Å². The smallest absolute Gasteiger partial charge is 0.226 e. The van der Waals surface area contributed by atoms with E-state index in [0.29, 0.717) is 12.5 Å². The molecule has 3 heteroatoms. The average molecular weight is 288 g/mol. The van der Waals surface area contributed by atoms with E-state index in [-0.39, 0.29) is 5.91 Å². The number of rotatable bonds is 4. The van der Waals surface area contributed by atoms with E-state index >= 15 is 0 Å². The van der Waals surface area contributed by atoms with Crippen molar-refractivity contribution < 1.29 is 4.79 Å².